The van der Waals surface area contributed by atoms with Gasteiger partial charge in [0.25, 0.3) is 0 Å². The smallest absolute Gasteiger partial charge is 0.147 e. The lowest BCUT2D eigenvalue weighted by atomic mass is 10.0. The number of rotatable bonds is 5. The highest BCUT2D eigenvalue weighted by molar-refractivity contribution is 5.70. The molecule has 5 nitrogen and oxygen atoms in total. The molecule has 1 aromatic rings. The van der Waals surface area contributed by atoms with Gasteiger partial charge >= 0.3 is 0 Å². The van der Waals surface area contributed by atoms with E-state index in [0.29, 0.717) is 6.04 Å². The van der Waals surface area contributed by atoms with Gasteiger partial charge in [-0.1, -0.05) is 0 Å². The summed E-state index contributed by atoms with van der Waals surface area (Å²) in [5.41, 5.74) is 9.45. The summed E-state index contributed by atoms with van der Waals surface area (Å²) in [5.74, 6) is 0.916. The van der Waals surface area contributed by atoms with Crippen molar-refractivity contribution < 1.29 is 4.74 Å². The number of hydrogen-bond acceptors (Lipinski definition) is 5. The average Bonchev–Trinajstić information content (AvgIpc) is 2.91. The molecule has 0 aliphatic carbocycles. The number of nitrogen functional groups attached to an aromatic ring is 1. The molecule has 2 heterocycles. The van der Waals surface area contributed by atoms with E-state index in [-0.39, 0.29) is 6.10 Å². The standard InChI is InChI=1S/C17H28N4O/c1-12-11-14-16(4-3-15(18)17(14)22-12)21-9-5-13(6-10-21)20-8-7-19-2/h3-4,12-13,19-20H,5-11,18H2,1-2H3. The zero-order valence-corrected chi connectivity index (χ0v) is 13.7. The van der Waals surface area contributed by atoms with E-state index < -0.39 is 0 Å². The molecule has 1 atom stereocenters. The Morgan fingerprint density at radius 1 is 1.27 bits per heavy atom. The molecule has 0 saturated carbocycles. The monoisotopic (exact) mass is 304 g/mol. The summed E-state index contributed by atoms with van der Waals surface area (Å²) in [6, 6.07) is 4.80. The fourth-order valence-electron chi connectivity index (χ4n) is 3.52. The second kappa shape index (κ2) is 6.75. The van der Waals surface area contributed by atoms with Gasteiger partial charge < -0.3 is 26.0 Å². The zero-order valence-electron chi connectivity index (χ0n) is 13.7. The van der Waals surface area contributed by atoms with E-state index in [1.807, 2.05) is 13.1 Å². The number of anilines is 2. The lowest BCUT2D eigenvalue weighted by Gasteiger charge is -2.35. The number of likely N-dealkylation sites (N-methyl/N-ethyl adjacent to an activating group) is 1. The van der Waals surface area contributed by atoms with Crippen LogP contribution in [0.3, 0.4) is 0 Å². The summed E-state index contributed by atoms with van der Waals surface area (Å²) >= 11 is 0. The molecule has 0 spiro atoms. The Bertz CT molecular complexity index is 512. The third-order valence-corrected chi connectivity index (χ3v) is 4.72. The van der Waals surface area contributed by atoms with Crippen molar-refractivity contribution in [1.29, 1.82) is 0 Å². The number of hydrogen-bond donors (Lipinski definition) is 3. The molecular formula is C17H28N4O. The van der Waals surface area contributed by atoms with Gasteiger partial charge in [0.15, 0.2) is 0 Å². The van der Waals surface area contributed by atoms with E-state index >= 15 is 0 Å². The molecule has 1 fully saturated rings. The van der Waals surface area contributed by atoms with Gasteiger partial charge in [-0.25, -0.2) is 0 Å². The van der Waals surface area contributed by atoms with Crippen LogP contribution in [-0.4, -0.2) is 45.4 Å². The number of piperidine rings is 1. The molecule has 0 bridgehead atoms. The van der Waals surface area contributed by atoms with Crippen molar-refractivity contribution in [2.75, 3.05) is 43.9 Å². The highest BCUT2D eigenvalue weighted by atomic mass is 16.5. The Balaban J connectivity index is 1.64. The van der Waals surface area contributed by atoms with E-state index in [2.05, 4.69) is 28.5 Å². The molecule has 1 aromatic carbocycles. The Kier molecular flexibility index (Phi) is 4.74. The minimum atomic E-state index is 0.235. The largest absolute Gasteiger partial charge is 0.488 e. The summed E-state index contributed by atoms with van der Waals surface area (Å²) < 4.78 is 5.88. The molecule has 1 saturated heterocycles. The SMILES string of the molecule is CNCCNC1CCN(c2ccc(N)c3c2CC(C)O3)CC1. The first kappa shape index (κ1) is 15.4. The van der Waals surface area contributed by atoms with Crippen molar-refractivity contribution in [2.45, 2.75) is 38.3 Å². The molecule has 122 valence electrons. The van der Waals surface area contributed by atoms with Crippen LogP contribution < -0.4 is 26.0 Å². The Labute approximate surface area is 133 Å². The van der Waals surface area contributed by atoms with Crippen LogP contribution in [0, 0.1) is 0 Å². The van der Waals surface area contributed by atoms with Crippen molar-refractivity contribution in [3.8, 4) is 5.75 Å². The van der Waals surface area contributed by atoms with Crippen molar-refractivity contribution in [3.63, 3.8) is 0 Å². The van der Waals surface area contributed by atoms with Crippen LogP contribution in [-0.2, 0) is 6.42 Å². The number of nitrogens with one attached hydrogen (secondary N) is 2. The normalized spacial score (nSPS) is 21.7. The van der Waals surface area contributed by atoms with Gasteiger partial charge in [-0.2, -0.15) is 0 Å². The Morgan fingerprint density at radius 3 is 2.77 bits per heavy atom. The van der Waals surface area contributed by atoms with E-state index in [9.17, 15) is 0 Å². The van der Waals surface area contributed by atoms with Gasteiger partial charge in [0.05, 0.1) is 5.69 Å². The van der Waals surface area contributed by atoms with Crippen LogP contribution in [0.25, 0.3) is 0 Å². The topological polar surface area (TPSA) is 62.5 Å². The number of fused-ring (bicyclic) bond motifs is 1. The highest BCUT2D eigenvalue weighted by Crippen LogP contribution is 2.41. The van der Waals surface area contributed by atoms with Crippen LogP contribution in [0.4, 0.5) is 11.4 Å². The molecule has 1 unspecified atom stereocenters. The minimum absolute atomic E-state index is 0.235. The zero-order chi connectivity index (χ0) is 15.5. The average molecular weight is 304 g/mol. The van der Waals surface area contributed by atoms with Gasteiger partial charge in [-0.15, -0.1) is 0 Å². The molecular weight excluding hydrogens is 276 g/mol. The van der Waals surface area contributed by atoms with Crippen LogP contribution in [0.5, 0.6) is 5.75 Å². The lowest BCUT2D eigenvalue weighted by molar-refractivity contribution is 0.256. The molecule has 2 aliphatic rings. The van der Waals surface area contributed by atoms with Crippen LogP contribution in [0.15, 0.2) is 12.1 Å². The molecule has 5 heteroatoms. The first-order chi connectivity index (χ1) is 10.7. The molecule has 2 aliphatic heterocycles. The second-order valence-corrected chi connectivity index (χ2v) is 6.43. The molecule has 22 heavy (non-hydrogen) atoms. The first-order valence-corrected chi connectivity index (χ1v) is 8.40. The Morgan fingerprint density at radius 2 is 2.05 bits per heavy atom. The van der Waals surface area contributed by atoms with Crippen molar-refractivity contribution in [2.24, 2.45) is 0 Å². The van der Waals surface area contributed by atoms with E-state index in [0.717, 1.165) is 44.0 Å². The van der Waals surface area contributed by atoms with Crippen molar-refractivity contribution >= 4 is 11.4 Å². The summed E-state index contributed by atoms with van der Waals surface area (Å²) in [7, 11) is 2.00. The van der Waals surface area contributed by atoms with E-state index in [1.54, 1.807) is 0 Å². The fraction of sp³-hybridized carbons (Fsp3) is 0.647. The maximum atomic E-state index is 6.06. The number of nitrogens with zero attached hydrogens (tertiary/aromatic N) is 1. The first-order valence-electron chi connectivity index (χ1n) is 8.40. The number of benzene rings is 1. The van der Waals surface area contributed by atoms with Crippen LogP contribution in [0.1, 0.15) is 25.3 Å². The predicted octanol–water partition coefficient (Wildman–Crippen LogP) is 1.37. The van der Waals surface area contributed by atoms with Gasteiger partial charge in [0.1, 0.15) is 11.9 Å². The molecule has 0 radical (unpaired) electrons. The number of nitrogens with two attached hydrogens (primary N) is 1. The molecule has 0 amide bonds. The molecule has 4 N–H and O–H groups in total. The van der Waals surface area contributed by atoms with E-state index in [4.69, 9.17) is 10.5 Å². The third-order valence-electron chi connectivity index (χ3n) is 4.72. The van der Waals surface area contributed by atoms with E-state index in [1.165, 1.54) is 24.1 Å². The van der Waals surface area contributed by atoms with Gasteiger partial charge in [-0.05, 0) is 38.9 Å². The Hall–Kier alpha value is -1.46. The van der Waals surface area contributed by atoms with Crippen LogP contribution >= 0.6 is 0 Å². The maximum absolute atomic E-state index is 6.06. The number of ether oxygens (including phenoxy) is 1. The van der Waals surface area contributed by atoms with Crippen molar-refractivity contribution in [1.82, 2.24) is 10.6 Å². The molecule has 3 rings (SSSR count). The lowest BCUT2D eigenvalue weighted by Crippen LogP contribution is -2.44. The minimum Gasteiger partial charge on any atom is -0.488 e. The maximum Gasteiger partial charge on any atom is 0.147 e. The summed E-state index contributed by atoms with van der Waals surface area (Å²) in [6.07, 6.45) is 3.59. The van der Waals surface area contributed by atoms with Gasteiger partial charge in [0, 0.05) is 49.9 Å². The summed E-state index contributed by atoms with van der Waals surface area (Å²) in [6.45, 7) is 6.38. The quantitative estimate of drug-likeness (QED) is 0.566. The molecule has 0 aromatic heterocycles. The second-order valence-electron chi connectivity index (χ2n) is 6.43. The summed E-state index contributed by atoms with van der Waals surface area (Å²) in [4.78, 5) is 2.50. The van der Waals surface area contributed by atoms with Gasteiger partial charge in [-0.3, -0.25) is 0 Å². The third kappa shape index (κ3) is 3.15. The summed E-state index contributed by atoms with van der Waals surface area (Å²) in [5, 5.41) is 6.81. The van der Waals surface area contributed by atoms with Gasteiger partial charge in [0.2, 0.25) is 0 Å². The van der Waals surface area contributed by atoms with Crippen LogP contribution in [0.2, 0.25) is 0 Å². The van der Waals surface area contributed by atoms with Crippen molar-refractivity contribution in [3.05, 3.63) is 17.7 Å². The fourth-order valence-corrected chi connectivity index (χ4v) is 3.52. The highest BCUT2D eigenvalue weighted by Gasteiger charge is 2.28. The predicted molar refractivity (Wildman–Crippen MR) is 91.8 cm³/mol.